The fraction of sp³-hybridized carbons (Fsp3) is 0.312. The minimum Gasteiger partial charge on any atom is -0.357 e. The van der Waals surface area contributed by atoms with Gasteiger partial charge >= 0.3 is 0 Å². The molecule has 0 bridgehead atoms. The number of hydrogen-bond acceptors (Lipinski definition) is 1. The van der Waals surface area contributed by atoms with Crippen LogP contribution in [0.3, 0.4) is 0 Å². The van der Waals surface area contributed by atoms with E-state index in [1.54, 1.807) is 0 Å². The lowest BCUT2D eigenvalue weighted by Crippen LogP contribution is -2.38. The summed E-state index contributed by atoms with van der Waals surface area (Å²) in [4.78, 5) is 4.59. The molecule has 0 saturated heterocycles. The number of nitrogens with zero attached hydrogens (tertiary/aromatic N) is 2. The van der Waals surface area contributed by atoms with E-state index >= 15 is 0 Å². The molecule has 0 aliphatic heterocycles. The molecule has 1 aromatic heterocycles. The highest BCUT2D eigenvalue weighted by molar-refractivity contribution is 14.0. The Balaban J connectivity index is 0.00000220. The monoisotopic (exact) mass is 398 g/mol. The van der Waals surface area contributed by atoms with Gasteiger partial charge in [-0.3, -0.25) is 0 Å². The van der Waals surface area contributed by atoms with Crippen molar-refractivity contribution >= 4 is 29.9 Å². The molecule has 0 saturated carbocycles. The Morgan fingerprint density at radius 3 is 2.43 bits per heavy atom. The van der Waals surface area contributed by atoms with Gasteiger partial charge in [-0.15, -0.1) is 24.0 Å². The predicted octanol–water partition coefficient (Wildman–Crippen LogP) is 2.86. The van der Waals surface area contributed by atoms with Crippen molar-refractivity contribution in [2.75, 3.05) is 13.1 Å². The van der Waals surface area contributed by atoms with Gasteiger partial charge in [-0.1, -0.05) is 30.3 Å². The molecule has 1 aromatic carbocycles. The molecule has 0 aliphatic rings. The topological polar surface area (TPSA) is 41.4 Å². The van der Waals surface area contributed by atoms with E-state index in [0.717, 1.165) is 25.6 Å². The second kappa shape index (κ2) is 10.3. The van der Waals surface area contributed by atoms with E-state index in [1.807, 2.05) is 30.3 Å². The van der Waals surface area contributed by atoms with E-state index in [0.29, 0.717) is 6.54 Å². The molecule has 4 nitrogen and oxygen atoms in total. The third kappa shape index (κ3) is 6.66. The van der Waals surface area contributed by atoms with Gasteiger partial charge in [-0.2, -0.15) is 0 Å². The summed E-state index contributed by atoms with van der Waals surface area (Å²) in [5.74, 6) is 0.864. The van der Waals surface area contributed by atoms with Gasteiger partial charge in [-0.05, 0) is 24.6 Å². The van der Waals surface area contributed by atoms with Gasteiger partial charge in [0.05, 0.1) is 6.54 Å². The van der Waals surface area contributed by atoms with Gasteiger partial charge in [-0.25, -0.2) is 4.99 Å². The molecule has 0 atom stereocenters. The quantitative estimate of drug-likeness (QED) is 0.447. The zero-order valence-electron chi connectivity index (χ0n) is 12.3. The molecule has 114 valence electrons. The van der Waals surface area contributed by atoms with Gasteiger partial charge in [0.25, 0.3) is 0 Å². The Labute approximate surface area is 143 Å². The summed E-state index contributed by atoms with van der Waals surface area (Å²) < 4.78 is 2.15. The van der Waals surface area contributed by atoms with E-state index in [9.17, 15) is 0 Å². The van der Waals surface area contributed by atoms with E-state index in [4.69, 9.17) is 0 Å². The number of aromatic nitrogens is 1. The Morgan fingerprint density at radius 1 is 1.05 bits per heavy atom. The van der Waals surface area contributed by atoms with Gasteiger partial charge in [0.15, 0.2) is 5.96 Å². The molecule has 0 unspecified atom stereocenters. The minimum absolute atomic E-state index is 0. The van der Waals surface area contributed by atoms with Gasteiger partial charge in [0.2, 0.25) is 0 Å². The van der Waals surface area contributed by atoms with E-state index in [1.165, 1.54) is 5.56 Å². The summed E-state index contributed by atoms with van der Waals surface area (Å²) in [6, 6.07) is 14.4. The van der Waals surface area contributed by atoms with Crippen molar-refractivity contribution in [2.45, 2.75) is 20.0 Å². The number of aliphatic imine (C=N–C) groups is 1. The normalized spacial score (nSPS) is 10.8. The number of nitrogens with one attached hydrogen (secondary N) is 2. The number of guanidine groups is 1. The van der Waals surface area contributed by atoms with Crippen LogP contribution in [0, 0.1) is 0 Å². The van der Waals surface area contributed by atoms with Crippen molar-refractivity contribution in [3.63, 3.8) is 0 Å². The Bertz CT molecular complexity index is 508. The zero-order valence-corrected chi connectivity index (χ0v) is 14.7. The molecule has 21 heavy (non-hydrogen) atoms. The van der Waals surface area contributed by atoms with Crippen LogP contribution in [0.1, 0.15) is 12.5 Å². The van der Waals surface area contributed by atoms with E-state index < -0.39 is 0 Å². The summed E-state index contributed by atoms with van der Waals surface area (Å²) in [6.07, 6.45) is 4.13. The third-order valence-electron chi connectivity index (χ3n) is 2.94. The number of benzene rings is 1. The lowest BCUT2D eigenvalue weighted by molar-refractivity contribution is 0.666. The molecule has 0 spiro atoms. The van der Waals surface area contributed by atoms with Crippen LogP contribution in [0.2, 0.25) is 0 Å². The largest absolute Gasteiger partial charge is 0.357 e. The molecular weight excluding hydrogens is 375 g/mol. The summed E-state index contributed by atoms with van der Waals surface area (Å²) in [6.45, 7) is 5.42. The number of hydrogen-bond donors (Lipinski definition) is 2. The fourth-order valence-corrected chi connectivity index (χ4v) is 1.92. The van der Waals surface area contributed by atoms with Crippen LogP contribution in [0.25, 0.3) is 0 Å². The summed E-state index contributed by atoms with van der Waals surface area (Å²) in [5.41, 5.74) is 1.22. The van der Waals surface area contributed by atoms with Crippen molar-refractivity contribution in [3.8, 4) is 0 Å². The minimum atomic E-state index is 0. The van der Waals surface area contributed by atoms with Gasteiger partial charge < -0.3 is 15.2 Å². The maximum atomic E-state index is 4.59. The first kappa shape index (κ1) is 17.6. The number of rotatable bonds is 6. The fourth-order valence-electron chi connectivity index (χ4n) is 1.92. The van der Waals surface area contributed by atoms with Crippen molar-refractivity contribution in [1.29, 1.82) is 0 Å². The first-order valence-electron chi connectivity index (χ1n) is 7.05. The van der Waals surface area contributed by atoms with E-state index in [-0.39, 0.29) is 24.0 Å². The zero-order chi connectivity index (χ0) is 14.0. The second-order valence-corrected chi connectivity index (χ2v) is 4.53. The second-order valence-electron chi connectivity index (χ2n) is 4.53. The highest BCUT2D eigenvalue weighted by Gasteiger charge is 1.97. The molecule has 2 aromatic rings. The standard InChI is InChI=1S/C16H22N4.HI/c1-2-17-16(18-10-13-20-11-6-7-12-20)19-14-15-8-4-3-5-9-15;/h3-9,11-12H,2,10,13-14H2,1H3,(H2,17,18,19);1H. The van der Waals surface area contributed by atoms with Crippen LogP contribution >= 0.6 is 24.0 Å². The Kier molecular flexibility index (Phi) is 8.57. The molecule has 0 aliphatic carbocycles. The van der Waals surface area contributed by atoms with Crippen LogP contribution in [0.4, 0.5) is 0 Å². The van der Waals surface area contributed by atoms with Gasteiger partial charge in [0.1, 0.15) is 0 Å². The van der Waals surface area contributed by atoms with Crippen LogP contribution in [0.15, 0.2) is 59.9 Å². The first-order chi connectivity index (χ1) is 9.88. The Morgan fingerprint density at radius 2 is 1.76 bits per heavy atom. The summed E-state index contributed by atoms with van der Waals surface area (Å²) in [5, 5.41) is 6.61. The molecule has 5 heteroatoms. The van der Waals surface area contributed by atoms with Crippen LogP contribution in [-0.4, -0.2) is 23.6 Å². The maximum absolute atomic E-state index is 4.59. The molecular formula is C16H23IN4. The van der Waals surface area contributed by atoms with E-state index in [2.05, 4.69) is 51.6 Å². The van der Waals surface area contributed by atoms with Crippen molar-refractivity contribution in [1.82, 2.24) is 15.2 Å². The maximum Gasteiger partial charge on any atom is 0.191 e. The first-order valence-corrected chi connectivity index (χ1v) is 7.05. The smallest absolute Gasteiger partial charge is 0.191 e. The summed E-state index contributed by atoms with van der Waals surface area (Å²) >= 11 is 0. The van der Waals surface area contributed by atoms with Crippen molar-refractivity contribution in [2.24, 2.45) is 4.99 Å². The summed E-state index contributed by atoms with van der Waals surface area (Å²) in [7, 11) is 0. The Hall–Kier alpha value is -1.50. The van der Waals surface area contributed by atoms with Gasteiger partial charge in [0, 0.05) is 32.0 Å². The molecule has 0 radical (unpaired) electrons. The number of halogens is 1. The molecule has 0 fully saturated rings. The molecule has 1 heterocycles. The van der Waals surface area contributed by atoms with Crippen LogP contribution in [-0.2, 0) is 13.1 Å². The molecule has 0 amide bonds. The van der Waals surface area contributed by atoms with Crippen molar-refractivity contribution < 1.29 is 0 Å². The SMILES string of the molecule is CCNC(=NCc1ccccc1)NCCn1cccc1.I. The third-order valence-corrected chi connectivity index (χ3v) is 2.94. The average Bonchev–Trinajstić information content (AvgIpc) is 2.99. The molecule has 2 rings (SSSR count). The molecule has 2 N–H and O–H groups in total. The lowest BCUT2D eigenvalue weighted by atomic mass is 10.2. The predicted molar refractivity (Wildman–Crippen MR) is 99.1 cm³/mol. The lowest BCUT2D eigenvalue weighted by Gasteiger charge is -2.11. The van der Waals surface area contributed by atoms with Crippen LogP contribution < -0.4 is 10.6 Å². The average molecular weight is 398 g/mol. The van der Waals surface area contributed by atoms with Crippen molar-refractivity contribution in [3.05, 3.63) is 60.4 Å². The highest BCUT2D eigenvalue weighted by Crippen LogP contribution is 1.99. The van der Waals surface area contributed by atoms with Crippen LogP contribution in [0.5, 0.6) is 0 Å². The highest BCUT2D eigenvalue weighted by atomic mass is 127.